The Morgan fingerprint density at radius 3 is 2.31 bits per heavy atom. The van der Waals surface area contributed by atoms with Crippen LogP contribution in [-0.2, 0) is 0 Å². The molecule has 0 spiro atoms. The summed E-state index contributed by atoms with van der Waals surface area (Å²) in [5.41, 5.74) is 1.18. The standard InChI is InChI=1S/C10H13N.C2H6/c1-2-8-11-9-10-6-4-3-5-7-10;1-2/h3-7,9H,2,8H2,1H3;1-2H3. The summed E-state index contributed by atoms with van der Waals surface area (Å²) in [6, 6.07) is 10.2. The zero-order valence-electron chi connectivity index (χ0n) is 8.83. The van der Waals surface area contributed by atoms with Crippen LogP contribution in [0.1, 0.15) is 32.8 Å². The molecule has 1 heteroatoms. The van der Waals surface area contributed by atoms with Crippen LogP contribution in [0.25, 0.3) is 0 Å². The van der Waals surface area contributed by atoms with Crippen molar-refractivity contribution in [1.82, 2.24) is 0 Å². The molecule has 0 aromatic heterocycles. The molecule has 0 heterocycles. The van der Waals surface area contributed by atoms with Crippen molar-refractivity contribution in [2.45, 2.75) is 27.2 Å². The third-order valence-electron chi connectivity index (χ3n) is 1.39. The lowest BCUT2D eigenvalue weighted by atomic mass is 10.2. The molecule has 0 atom stereocenters. The highest BCUT2D eigenvalue weighted by Crippen LogP contribution is 1.93. The van der Waals surface area contributed by atoms with E-state index < -0.39 is 0 Å². The molecule has 13 heavy (non-hydrogen) atoms. The van der Waals surface area contributed by atoms with Crippen LogP contribution >= 0.6 is 0 Å². The Kier molecular flexibility index (Phi) is 8.21. The fourth-order valence-corrected chi connectivity index (χ4v) is 0.838. The van der Waals surface area contributed by atoms with Crippen molar-refractivity contribution in [1.29, 1.82) is 0 Å². The largest absolute Gasteiger partial charge is 0.293 e. The lowest BCUT2D eigenvalue weighted by Crippen LogP contribution is -1.81. The first-order chi connectivity index (χ1) is 6.43. The first-order valence-electron chi connectivity index (χ1n) is 4.98. The van der Waals surface area contributed by atoms with Crippen LogP contribution in [0.3, 0.4) is 0 Å². The molecule has 1 aromatic carbocycles. The molecule has 0 amide bonds. The van der Waals surface area contributed by atoms with Crippen LogP contribution in [0, 0.1) is 0 Å². The predicted octanol–water partition coefficient (Wildman–Crippen LogP) is 3.54. The van der Waals surface area contributed by atoms with E-state index in [4.69, 9.17) is 0 Å². The van der Waals surface area contributed by atoms with Crippen molar-refractivity contribution in [3.05, 3.63) is 35.9 Å². The number of aliphatic imine (C=N–C) groups is 1. The van der Waals surface area contributed by atoms with Gasteiger partial charge in [-0.2, -0.15) is 0 Å². The fraction of sp³-hybridized carbons (Fsp3) is 0.417. The Morgan fingerprint density at radius 1 is 1.15 bits per heavy atom. The van der Waals surface area contributed by atoms with Gasteiger partial charge in [0, 0.05) is 12.8 Å². The van der Waals surface area contributed by atoms with E-state index in [1.807, 2.05) is 38.3 Å². The summed E-state index contributed by atoms with van der Waals surface area (Å²) in [4.78, 5) is 4.24. The molecule has 0 bridgehead atoms. The molecular weight excluding hydrogens is 158 g/mol. The summed E-state index contributed by atoms with van der Waals surface area (Å²) in [5, 5.41) is 0. The quantitative estimate of drug-likeness (QED) is 0.626. The van der Waals surface area contributed by atoms with Gasteiger partial charge in [-0.15, -0.1) is 0 Å². The molecule has 0 saturated heterocycles. The Balaban J connectivity index is 0.000000671. The van der Waals surface area contributed by atoms with E-state index in [2.05, 4.69) is 24.0 Å². The zero-order valence-corrected chi connectivity index (χ0v) is 8.83. The van der Waals surface area contributed by atoms with Crippen LogP contribution in [0.5, 0.6) is 0 Å². The first-order valence-corrected chi connectivity index (χ1v) is 4.98. The lowest BCUT2D eigenvalue weighted by Gasteiger charge is -1.89. The van der Waals surface area contributed by atoms with Crippen LogP contribution < -0.4 is 0 Å². The average Bonchev–Trinajstić information content (AvgIpc) is 2.23. The van der Waals surface area contributed by atoms with Crippen LogP contribution in [0.4, 0.5) is 0 Å². The highest BCUT2D eigenvalue weighted by Gasteiger charge is 1.81. The molecule has 1 rings (SSSR count). The first kappa shape index (κ1) is 11.9. The van der Waals surface area contributed by atoms with E-state index in [-0.39, 0.29) is 0 Å². The molecular formula is C12H19N. The van der Waals surface area contributed by atoms with Crippen molar-refractivity contribution < 1.29 is 0 Å². The van der Waals surface area contributed by atoms with Gasteiger partial charge in [0.05, 0.1) is 0 Å². The van der Waals surface area contributed by atoms with Crippen LogP contribution in [-0.4, -0.2) is 12.8 Å². The molecule has 0 fully saturated rings. The Labute approximate surface area is 81.5 Å². The van der Waals surface area contributed by atoms with E-state index >= 15 is 0 Å². The van der Waals surface area contributed by atoms with Gasteiger partial charge in [0.25, 0.3) is 0 Å². The van der Waals surface area contributed by atoms with Gasteiger partial charge in [0.2, 0.25) is 0 Å². The zero-order chi connectivity index (χ0) is 9.94. The van der Waals surface area contributed by atoms with Crippen molar-refractivity contribution in [2.75, 3.05) is 6.54 Å². The monoisotopic (exact) mass is 177 g/mol. The van der Waals surface area contributed by atoms with Gasteiger partial charge < -0.3 is 0 Å². The lowest BCUT2D eigenvalue weighted by molar-refractivity contribution is 0.937. The Hall–Kier alpha value is -1.11. The van der Waals surface area contributed by atoms with Crippen molar-refractivity contribution in [3.63, 3.8) is 0 Å². The van der Waals surface area contributed by atoms with Crippen molar-refractivity contribution in [2.24, 2.45) is 4.99 Å². The third-order valence-corrected chi connectivity index (χ3v) is 1.39. The summed E-state index contributed by atoms with van der Waals surface area (Å²) >= 11 is 0. The minimum Gasteiger partial charge on any atom is -0.293 e. The number of hydrogen-bond acceptors (Lipinski definition) is 1. The number of hydrogen-bond donors (Lipinski definition) is 0. The van der Waals surface area contributed by atoms with Crippen molar-refractivity contribution >= 4 is 6.21 Å². The second-order valence-corrected chi connectivity index (χ2v) is 2.45. The maximum absolute atomic E-state index is 4.24. The molecule has 0 aliphatic carbocycles. The summed E-state index contributed by atoms with van der Waals surface area (Å²) in [5.74, 6) is 0. The fourth-order valence-electron chi connectivity index (χ4n) is 0.838. The topological polar surface area (TPSA) is 12.4 Å². The van der Waals surface area contributed by atoms with E-state index in [1.165, 1.54) is 5.56 Å². The molecule has 0 N–H and O–H groups in total. The maximum atomic E-state index is 4.24. The Bertz CT molecular complexity index is 214. The molecule has 0 aliphatic heterocycles. The predicted molar refractivity (Wildman–Crippen MR) is 60.5 cm³/mol. The summed E-state index contributed by atoms with van der Waals surface area (Å²) < 4.78 is 0. The van der Waals surface area contributed by atoms with E-state index in [1.54, 1.807) is 0 Å². The highest BCUT2D eigenvalue weighted by atomic mass is 14.7. The van der Waals surface area contributed by atoms with Gasteiger partial charge in [-0.1, -0.05) is 51.1 Å². The van der Waals surface area contributed by atoms with Gasteiger partial charge >= 0.3 is 0 Å². The Morgan fingerprint density at radius 2 is 1.77 bits per heavy atom. The molecule has 1 aromatic rings. The molecule has 0 unspecified atom stereocenters. The van der Waals surface area contributed by atoms with Crippen molar-refractivity contribution in [3.8, 4) is 0 Å². The molecule has 72 valence electrons. The molecule has 0 radical (unpaired) electrons. The number of nitrogens with zero attached hydrogens (tertiary/aromatic N) is 1. The SMILES string of the molecule is CC.CCCN=Cc1ccccc1. The van der Waals surface area contributed by atoms with Crippen LogP contribution in [0.15, 0.2) is 35.3 Å². The maximum Gasteiger partial charge on any atom is 0.0386 e. The number of benzene rings is 1. The molecule has 0 saturated carbocycles. The van der Waals surface area contributed by atoms with Crippen LogP contribution in [0.2, 0.25) is 0 Å². The van der Waals surface area contributed by atoms with E-state index in [9.17, 15) is 0 Å². The van der Waals surface area contributed by atoms with Gasteiger partial charge in [0.15, 0.2) is 0 Å². The van der Waals surface area contributed by atoms with Gasteiger partial charge in [-0.05, 0) is 12.0 Å². The molecule has 0 aliphatic rings. The van der Waals surface area contributed by atoms with E-state index in [0.29, 0.717) is 0 Å². The highest BCUT2D eigenvalue weighted by molar-refractivity contribution is 5.79. The smallest absolute Gasteiger partial charge is 0.0386 e. The minimum absolute atomic E-state index is 0.925. The van der Waals surface area contributed by atoms with E-state index in [0.717, 1.165) is 13.0 Å². The minimum atomic E-state index is 0.925. The summed E-state index contributed by atoms with van der Waals surface area (Å²) in [6.45, 7) is 7.05. The normalized spacial score (nSPS) is 9.46. The summed E-state index contributed by atoms with van der Waals surface area (Å²) in [7, 11) is 0. The van der Waals surface area contributed by atoms with Gasteiger partial charge in [-0.3, -0.25) is 4.99 Å². The number of rotatable bonds is 3. The summed E-state index contributed by atoms with van der Waals surface area (Å²) in [6.07, 6.45) is 3.03. The average molecular weight is 177 g/mol. The van der Waals surface area contributed by atoms with Gasteiger partial charge in [-0.25, -0.2) is 0 Å². The second kappa shape index (κ2) is 8.98. The van der Waals surface area contributed by atoms with Gasteiger partial charge in [0.1, 0.15) is 0 Å². The molecule has 1 nitrogen and oxygen atoms in total. The third kappa shape index (κ3) is 6.09. The second-order valence-electron chi connectivity index (χ2n) is 2.45.